The Morgan fingerprint density at radius 3 is 2.33 bits per heavy atom. The average Bonchev–Trinajstić information content (AvgIpc) is 3.20. The van der Waals surface area contributed by atoms with Gasteiger partial charge in [-0.15, -0.1) is 11.3 Å². The van der Waals surface area contributed by atoms with Crippen molar-refractivity contribution in [2.24, 2.45) is 5.14 Å². The van der Waals surface area contributed by atoms with Crippen molar-refractivity contribution in [3.05, 3.63) is 76.8 Å². The molecule has 8 nitrogen and oxygen atoms in total. The van der Waals surface area contributed by atoms with E-state index in [0.29, 0.717) is 0 Å². The third kappa shape index (κ3) is 5.29. The molecule has 1 atom stereocenters. The third-order valence-electron chi connectivity index (χ3n) is 4.32. The van der Waals surface area contributed by atoms with Gasteiger partial charge in [-0.2, -0.15) is 0 Å². The Morgan fingerprint density at radius 2 is 1.73 bits per heavy atom. The number of primary sulfonamides is 1. The molecule has 0 spiro atoms. The molecule has 4 N–H and O–H groups in total. The first kappa shape index (κ1) is 21.6. The quantitative estimate of drug-likeness (QED) is 0.516. The summed E-state index contributed by atoms with van der Waals surface area (Å²) >= 11 is 1.12. The number of nitrogens with zero attached hydrogens (tertiary/aromatic N) is 1. The number of aromatic nitrogens is 1. The highest BCUT2D eigenvalue weighted by molar-refractivity contribution is 7.89. The SMILES string of the molecule is CC[C@@H](NC(=O)c1csc(NC(=O)c2ccc(S(N)(=O)=O)cc2)n1)c1ccccc1. The molecule has 0 bridgehead atoms. The van der Waals surface area contributed by atoms with Gasteiger partial charge < -0.3 is 5.32 Å². The van der Waals surface area contributed by atoms with Crippen LogP contribution in [0.15, 0.2) is 64.9 Å². The fraction of sp³-hybridized carbons (Fsp3) is 0.150. The van der Waals surface area contributed by atoms with E-state index in [-0.39, 0.29) is 33.2 Å². The molecule has 0 saturated carbocycles. The van der Waals surface area contributed by atoms with E-state index in [2.05, 4.69) is 15.6 Å². The van der Waals surface area contributed by atoms with Crippen LogP contribution >= 0.6 is 11.3 Å². The highest BCUT2D eigenvalue weighted by Gasteiger charge is 2.18. The van der Waals surface area contributed by atoms with Crippen LogP contribution < -0.4 is 15.8 Å². The van der Waals surface area contributed by atoms with Gasteiger partial charge in [0.2, 0.25) is 10.0 Å². The summed E-state index contributed by atoms with van der Waals surface area (Å²) < 4.78 is 22.6. The molecular weight excluding hydrogens is 424 g/mol. The number of carbonyl (C=O) groups excluding carboxylic acids is 2. The Hall–Kier alpha value is -3.08. The first-order valence-electron chi connectivity index (χ1n) is 9.03. The van der Waals surface area contributed by atoms with Gasteiger partial charge in [-0.3, -0.25) is 14.9 Å². The Morgan fingerprint density at radius 1 is 1.07 bits per heavy atom. The third-order valence-corrected chi connectivity index (χ3v) is 6.00. The number of nitrogens with two attached hydrogens (primary N) is 1. The van der Waals surface area contributed by atoms with Crippen molar-refractivity contribution in [3.8, 4) is 0 Å². The van der Waals surface area contributed by atoms with Crippen LogP contribution in [0.4, 0.5) is 5.13 Å². The van der Waals surface area contributed by atoms with Crippen molar-refractivity contribution < 1.29 is 18.0 Å². The second kappa shape index (κ2) is 9.16. The van der Waals surface area contributed by atoms with Crippen molar-refractivity contribution in [3.63, 3.8) is 0 Å². The number of hydrogen-bond acceptors (Lipinski definition) is 6. The van der Waals surface area contributed by atoms with E-state index < -0.39 is 15.9 Å². The molecule has 3 rings (SSSR count). The number of amides is 2. The van der Waals surface area contributed by atoms with Gasteiger partial charge >= 0.3 is 0 Å². The number of hydrogen-bond donors (Lipinski definition) is 3. The summed E-state index contributed by atoms with van der Waals surface area (Å²) in [5.74, 6) is -0.812. The Balaban J connectivity index is 1.65. The number of thiazole rings is 1. The van der Waals surface area contributed by atoms with E-state index in [1.54, 1.807) is 5.38 Å². The van der Waals surface area contributed by atoms with Crippen LogP contribution in [0.5, 0.6) is 0 Å². The second-order valence-electron chi connectivity index (χ2n) is 6.41. The molecule has 10 heteroatoms. The number of benzene rings is 2. The van der Waals surface area contributed by atoms with Gasteiger partial charge in [0.15, 0.2) is 5.13 Å². The lowest BCUT2D eigenvalue weighted by Crippen LogP contribution is -2.28. The summed E-state index contributed by atoms with van der Waals surface area (Å²) in [6.45, 7) is 1.98. The van der Waals surface area contributed by atoms with Crippen LogP contribution in [0.2, 0.25) is 0 Å². The summed E-state index contributed by atoms with van der Waals surface area (Å²) in [4.78, 5) is 29.0. The lowest BCUT2D eigenvalue weighted by Gasteiger charge is -2.16. The predicted molar refractivity (Wildman–Crippen MR) is 115 cm³/mol. The van der Waals surface area contributed by atoms with Gasteiger partial charge in [-0.1, -0.05) is 37.3 Å². The minimum atomic E-state index is -3.83. The summed E-state index contributed by atoms with van der Waals surface area (Å²) in [6.07, 6.45) is 0.720. The van der Waals surface area contributed by atoms with Gasteiger partial charge in [0.1, 0.15) is 5.69 Å². The molecule has 30 heavy (non-hydrogen) atoms. The van der Waals surface area contributed by atoms with Gasteiger partial charge in [-0.25, -0.2) is 18.5 Å². The maximum atomic E-state index is 12.5. The van der Waals surface area contributed by atoms with Crippen LogP contribution in [-0.2, 0) is 10.0 Å². The van der Waals surface area contributed by atoms with E-state index in [1.165, 1.54) is 24.3 Å². The monoisotopic (exact) mass is 444 g/mol. The zero-order valence-electron chi connectivity index (χ0n) is 16.0. The van der Waals surface area contributed by atoms with Gasteiger partial charge in [0.05, 0.1) is 10.9 Å². The standard InChI is InChI=1S/C20H20N4O4S2/c1-2-16(13-6-4-3-5-7-13)22-19(26)17-12-29-20(23-17)24-18(25)14-8-10-15(11-9-14)30(21,27)28/h3-12,16H,2H2,1H3,(H,22,26)(H2,21,27,28)(H,23,24,25)/t16-/m1/s1. The number of anilines is 1. The zero-order valence-corrected chi connectivity index (χ0v) is 17.7. The van der Waals surface area contributed by atoms with Crippen LogP contribution in [-0.4, -0.2) is 25.2 Å². The smallest absolute Gasteiger partial charge is 0.271 e. The molecule has 0 saturated heterocycles. The number of carbonyl (C=O) groups is 2. The first-order chi connectivity index (χ1) is 14.3. The number of nitrogens with one attached hydrogen (secondary N) is 2. The molecule has 1 aromatic heterocycles. The molecule has 2 aromatic carbocycles. The highest BCUT2D eigenvalue weighted by atomic mass is 32.2. The van der Waals surface area contributed by atoms with E-state index in [4.69, 9.17) is 5.14 Å². The molecule has 3 aromatic rings. The van der Waals surface area contributed by atoms with Crippen molar-refractivity contribution >= 4 is 38.3 Å². The summed E-state index contributed by atoms with van der Waals surface area (Å²) in [6, 6.07) is 14.7. The highest BCUT2D eigenvalue weighted by Crippen LogP contribution is 2.20. The number of rotatable bonds is 7. The Labute approximate surface area is 178 Å². The summed E-state index contributed by atoms with van der Waals surface area (Å²) in [5, 5.41) is 12.4. The molecular formula is C20H20N4O4S2. The largest absolute Gasteiger partial charge is 0.344 e. The molecule has 1 heterocycles. The Bertz CT molecular complexity index is 1140. The molecule has 0 fully saturated rings. The van der Waals surface area contributed by atoms with E-state index in [0.717, 1.165) is 23.3 Å². The topological polar surface area (TPSA) is 131 Å². The van der Waals surface area contributed by atoms with Gasteiger partial charge in [0.25, 0.3) is 11.8 Å². The first-order valence-corrected chi connectivity index (χ1v) is 11.5. The minimum Gasteiger partial charge on any atom is -0.344 e. The van der Waals surface area contributed by atoms with Gasteiger partial charge in [0, 0.05) is 10.9 Å². The molecule has 2 amide bonds. The predicted octanol–water partition coefficient (Wildman–Crippen LogP) is 2.92. The van der Waals surface area contributed by atoms with Crippen LogP contribution in [0.3, 0.4) is 0 Å². The van der Waals surface area contributed by atoms with Crippen LogP contribution in [0.1, 0.15) is 45.8 Å². The fourth-order valence-electron chi connectivity index (χ4n) is 2.74. The van der Waals surface area contributed by atoms with Crippen LogP contribution in [0.25, 0.3) is 0 Å². The van der Waals surface area contributed by atoms with Crippen molar-refractivity contribution in [1.29, 1.82) is 0 Å². The van der Waals surface area contributed by atoms with Crippen molar-refractivity contribution in [1.82, 2.24) is 10.3 Å². The summed E-state index contributed by atoms with van der Waals surface area (Å²) in [7, 11) is -3.83. The Kier molecular flexibility index (Phi) is 6.60. The van der Waals surface area contributed by atoms with Gasteiger partial charge in [-0.05, 0) is 36.2 Å². The van der Waals surface area contributed by atoms with Crippen molar-refractivity contribution in [2.75, 3.05) is 5.32 Å². The average molecular weight is 445 g/mol. The molecule has 156 valence electrons. The van der Waals surface area contributed by atoms with Crippen LogP contribution in [0, 0.1) is 0 Å². The maximum Gasteiger partial charge on any atom is 0.271 e. The molecule has 0 unspecified atom stereocenters. The maximum absolute atomic E-state index is 12.5. The van der Waals surface area contributed by atoms with E-state index in [1.807, 2.05) is 37.3 Å². The van der Waals surface area contributed by atoms with Crippen molar-refractivity contribution in [2.45, 2.75) is 24.3 Å². The molecule has 0 radical (unpaired) electrons. The zero-order chi connectivity index (χ0) is 21.7. The molecule has 0 aliphatic carbocycles. The molecule has 0 aliphatic rings. The second-order valence-corrected chi connectivity index (χ2v) is 8.83. The summed E-state index contributed by atoms with van der Waals surface area (Å²) in [5.41, 5.74) is 1.44. The normalized spacial score (nSPS) is 12.2. The molecule has 0 aliphatic heterocycles. The fourth-order valence-corrected chi connectivity index (χ4v) is 3.94. The number of sulfonamides is 1. The van der Waals surface area contributed by atoms with E-state index >= 15 is 0 Å². The minimum absolute atomic E-state index is 0.0869. The lowest BCUT2D eigenvalue weighted by atomic mass is 10.0. The van der Waals surface area contributed by atoms with E-state index in [9.17, 15) is 18.0 Å². The lowest BCUT2D eigenvalue weighted by molar-refractivity contribution is 0.0930.